The Morgan fingerprint density at radius 1 is 0.363 bits per heavy atom. The number of nitrogens with one attached hydrogen (secondary N) is 3. The van der Waals surface area contributed by atoms with Gasteiger partial charge in [0.15, 0.2) is 34.5 Å². The summed E-state index contributed by atoms with van der Waals surface area (Å²) in [6, 6.07) is 46.9. The Morgan fingerprint density at radius 2 is 0.706 bits per heavy atom. The summed E-state index contributed by atoms with van der Waals surface area (Å²) in [5.74, 6) is 0.771. The summed E-state index contributed by atoms with van der Waals surface area (Å²) in [6.07, 6.45) is 3.39. The molecule has 3 N–H and O–H groups in total. The second kappa shape index (κ2) is 31.4. The second-order valence-corrected chi connectivity index (χ2v) is 30.4. The number of benzene rings is 9. The van der Waals surface area contributed by atoms with Crippen molar-refractivity contribution in [3.05, 3.63) is 248 Å². The molecule has 0 radical (unpaired) electrons. The summed E-state index contributed by atoms with van der Waals surface area (Å²) < 4.78 is 154. The number of sulfone groups is 3. The summed E-state index contributed by atoms with van der Waals surface area (Å²) in [5, 5.41) is 0. The van der Waals surface area contributed by atoms with Crippen molar-refractivity contribution < 1.29 is 66.8 Å². The van der Waals surface area contributed by atoms with Gasteiger partial charge in [-0.3, -0.25) is 13.7 Å². The average molecular weight is 1450 g/mol. The minimum absolute atomic E-state index is 0.293. The maximum absolute atomic E-state index is 14.5. The van der Waals surface area contributed by atoms with Crippen LogP contribution in [0.25, 0.3) is 66.5 Å². The van der Waals surface area contributed by atoms with Gasteiger partial charge in [0.1, 0.15) is 47.0 Å². The molecule has 3 atom stereocenters. The third-order valence-electron chi connectivity index (χ3n) is 16.6. The molecular formula is C75H75F3N6O15S3. The number of rotatable bonds is 24. The minimum Gasteiger partial charge on any atom is -0.493 e. The molecule has 0 unspecified atom stereocenters. The summed E-state index contributed by atoms with van der Waals surface area (Å²) in [4.78, 5) is 48.1. The highest BCUT2D eigenvalue weighted by atomic mass is 32.2. The molecule has 0 bridgehead atoms. The molecule has 0 saturated heterocycles. The Balaban J connectivity index is 0.000000165. The number of fused-ring (bicyclic) bond motifs is 3. The van der Waals surface area contributed by atoms with E-state index in [2.05, 4.69) is 15.0 Å². The molecule has 0 spiro atoms. The van der Waals surface area contributed by atoms with E-state index in [1.54, 1.807) is 146 Å². The first kappa shape index (κ1) is 73.9. The van der Waals surface area contributed by atoms with E-state index in [0.717, 1.165) is 24.3 Å². The fourth-order valence-electron chi connectivity index (χ4n) is 12.4. The topological polar surface area (TPSA) is 271 Å². The smallest absolute Gasteiger partial charge is 0.327 e. The van der Waals surface area contributed by atoms with E-state index in [9.17, 15) is 52.8 Å². The van der Waals surface area contributed by atoms with Gasteiger partial charge in [0, 0.05) is 41.0 Å². The van der Waals surface area contributed by atoms with Crippen LogP contribution in [0.3, 0.4) is 0 Å². The first-order valence-electron chi connectivity index (χ1n) is 32.1. The van der Waals surface area contributed by atoms with Crippen LogP contribution in [-0.4, -0.2) is 131 Å². The number of aromatic nitrogens is 6. The van der Waals surface area contributed by atoms with Crippen LogP contribution < -0.4 is 45.5 Å². The van der Waals surface area contributed by atoms with Crippen LogP contribution in [0.5, 0.6) is 34.5 Å². The number of methoxy groups -OCH3 is 3. The van der Waals surface area contributed by atoms with Gasteiger partial charge in [-0.2, -0.15) is 0 Å². The minimum atomic E-state index is -3.50. The Labute approximate surface area is 586 Å². The molecule has 534 valence electrons. The predicted molar refractivity (Wildman–Crippen MR) is 390 cm³/mol. The van der Waals surface area contributed by atoms with Crippen LogP contribution in [0.2, 0.25) is 0 Å². The van der Waals surface area contributed by atoms with Crippen LogP contribution in [-0.2, 0) is 29.5 Å². The van der Waals surface area contributed by atoms with Gasteiger partial charge in [-0.15, -0.1) is 0 Å². The van der Waals surface area contributed by atoms with Crippen LogP contribution in [0.1, 0.15) is 55.6 Å². The van der Waals surface area contributed by atoms with Gasteiger partial charge in [0.2, 0.25) is 0 Å². The van der Waals surface area contributed by atoms with E-state index in [1.807, 2.05) is 26.8 Å². The van der Waals surface area contributed by atoms with Crippen molar-refractivity contribution >= 4 is 62.6 Å². The third kappa shape index (κ3) is 16.8. The summed E-state index contributed by atoms with van der Waals surface area (Å²) in [7, 11) is -5.91. The Morgan fingerprint density at radius 3 is 1.06 bits per heavy atom. The fourth-order valence-corrected chi connectivity index (χ4v) is 15.1. The summed E-state index contributed by atoms with van der Waals surface area (Å²) in [6.45, 7) is 6.66. The highest BCUT2D eigenvalue weighted by molar-refractivity contribution is 7.91. The van der Waals surface area contributed by atoms with Crippen molar-refractivity contribution in [2.75, 3.05) is 77.2 Å². The van der Waals surface area contributed by atoms with Gasteiger partial charge in [-0.05, 0) is 134 Å². The zero-order valence-electron chi connectivity index (χ0n) is 57.1. The molecule has 0 aliphatic rings. The number of aromatic amines is 3. The lowest BCUT2D eigenvalue weighted by Crippen LogP contribution is -2.28. The first-order valence-corrected chi connectivity index (χ1v) is 38.3. The Hall–Kier alpha value is -10.8. The lowest BCUT2D eigenvalue weighted by atomic mass is 10.0. The first-order chi connectivity index (χ1) is 48.7. The number of hydrogen-bond acceptors (Lipinski definition) is 15. The highest BCUT2D eigenvalue weighted by Crippen LogP contribution is 2.39. The van der Waals surface area contributed by atoms with Crippen molar-refractivity contribution in [2.24, 2.45) is 0 Å². The molecule has 0 fully saturated rings. The van der Waals surface area contributed by atoms with Crippen molar-refractivity contribution in [1.29, 1.82) is 0 Å². The number of halogens is 3. The molecule has 102 heavy (non-hydrogen) atoms. The van der Waals surface area contributed by atoms with E-state index in [0.29, 0.717) is 132 Å². The van der Waals surface area contributed by atoms with Crippen molar-refractivity contribution in [1.82, 2.24) is 28.7 Å². The largest absolute Gasteiger partial charge is 0.493 e. The highest BCUT2D eigenvalue weighted by Gasteiger charge is 2.30. The number of H-pyrrole nitrogens is 3. The maximum atomic E-state index is 14.5. The third-order valence-corrected chi connectivity index (χ3v) is 19.4. The molecule has 0 amide bonds. The van der Waals surface area contributed by atoms with Gasteiger partial charge < -0.3 is 43.4 Å². The van der Waals surface area contributed by atoms with Gasteiger partial charge >= 0.3 is 17.1 Å². The molecule has 12 rings (SSSR count). The molecule has 9 aromatic carbocycles. The molecule has 0 saturated carbocycles. The van der Waals surface area contributed by atoms with Crippen LogP contribution in [0.15, 0.2) is 196 Å². The standard InChI is InChI=1S/3C25H25FN2O5S/c1-4-33-23-14-17(11-12-22(23)32-2)21(15-34(3,30)31)28-20-10-6-9-19(24(20)27-25(28)29)16-7-5-8-18(26)13-16;1-4-33-23-14-16(12-13-22(23)32-2)21(15-34(3,30)31)28-20-11-7-9-18(24(20)27-25(28)29)17-8-5-6-10-19(17)26;1-4-33-23-14-17(10-13-22(23)32-2)21(15-34(3,30)31)28-20-7-5-6-19(24(20)27-25(28)29)16-8-11-18(26)12-9-16/h3*5-14,21H,4,15H2,1-3H3,(H,27,29)/t3*21-/m000/s1. The van der Waals surface area contributed by atoms with E-state index >= 15 is 0 Å². The number of ether oxygens (including phenoxy) is 6. The number of imidazole rings is 3. The summed E-state index contributed by atoms with van der Waals surface area (Å²) in [5.41, 5.74) is 6.79. The fraction of sp³-hybridized carbons (Fsp3) is 0.240. The maximum Gasteiger partial charge on any atom is 0.327 e. The number of nitrogens with zero attached hydrogens (tertiary/aromatic N) is 3. The lowest BCUT2D eigenvalue weighted by Gasteiger charge is -2.20. The molecular weight excluding hydrogens is 1380 g/mol. The van der Waals surface area contributed by atoms with Crippen LogP contribution >= 0.6 is 0 Å². The van der Waals surface area contributed by atoms with Crippen LogP contribution in [0, 0.1) is 17.5 Å². The van der Waals surface area contributed by atoms with E-state index in [-0.39, 0.29) is 23.1 Å². The molecule has 27 heteroatoms. The second-order valence-electron chi connectivity index (χ2n) is 23.9. The Bertz CT molecular complexity index is 5590. The quantitative estimate of drug-likeness (QED) is 0.0507. The van der Waals surface area contributed by atoms with E-state index < -0.39 is 76.3 Å². The normalized spacial score (nSPS) is 12.6. The summed E-state index contributed by atoms with van der Waals surface area (Å²) >= 11 is 0. The van der Waals surface area contributed by atoms with Gasteiger partial charge in [-0.1, -0.05) is 97.1 Å². The monoisotopic (exact) mass is 1450 g/mol. The molecule has 3 aromatic heterocycles. The number of hydrogen-bond donors (Lipinski definition) is 3. The molecule has 0 aliphatic carbocycles. The zero-order chi connectivity index (χ0) is 73.4. The SMILES string of the molecule is CCOc1cc([C@H](CS(C)(=O)=O)n2c(=O)[nH]c3c(-c4ccc(F)cc4)cccc32)ccc1OC.CCOc1cc([C@H](CS(C)(=O)=O)n2c(=O)[nH]c3c(-c4cccc(F)c4)cccc32)ccc1OC.CCOc1cc([C@H](CS(C)(=O)=O)n2c(=O)[nH]c3c(-c4ccccc4F)cccc32)ccc1OC. The molecule has 21 nitrogen and oxygen atoms in total. The molecule has 12 aromatic rings. The lowest BCUT2D eigenvalue weighted by molar-refractivity contribution is 0.310. The van der Waals surface area contributed by atoms with Crippen molar-refractivity contribution in [2.45, 2.75) is 38.9 Å². The van der Waals surface area contributed by atoms with Crippen LogP contribution in [0.4, 0.5) is 13.2 Å². The number of para-hydroxylation sites is 3. The average Bonchev–Trinajstić information content (AvgIpc) is 1.61. The van der Waals surface area contributed by atoms with Gasteiger partial charge in [0.25, 0.3) is 0 Å². The van der Waals surface area contributed by atoms with Gasteiger partial charge in [0.05, 0.1) is 110 Å². The molecule has 0 aliphatic heterocycles. The van der Waals surface area contributed by atoms with Gasteiger partial charge in [-0.25, -0.2) is 52.8 Å². The van der Waals surface area contributed by atoms with Crippen molar-refractivity contribution in [3.63, 3.8) is 0 Å². The van der Waals surface area contributed by atoms with Crippen molar-refractivity contribution in [3.8, 4) is 67.9 Å². The van der Waals surface area contributed by atoms with E-state index in [4.69, 9.17) is 28.4 Å². The van der Waals surface area contributed by atoms with E-state index in [1.165, 1.54) is 65.4 Å². The zero-order valence-corrected chi connectivity index (χ0v) is 59.6. The predicted octanol–water partition coefficient (Wildman–Crippen LogP) is 12.5. The molecule has 3 heterocycles. The Kier molecular flexibility index (Phi) is 22.8.